The quantitative estimate of drug-likeness (QED) is 0.772. The van der Waals surface area contributed by atoms with Gasteiger partial charge in [0.05, 0.1) is 24.7 Å². The Morgan fingerprint density at radius 2 is 2.22 bits per heavy atom. The second-order valence-corrected chi connectivity index (χ2v) is 5.47. The maximum absolute atomic E-state index is 6.27. The zero-order chi connectivity index (χ0) is 16.4. The molecule has 0 fully saturated rings. The van der Waals surface area contributed by atoms with Gasteiger partial charge < -0.3 is 14.5 Å². The predicted octanol–water partition coefficient (Wildman–Crippen LogP) is 3.66. The third-order valence-corrected chi connectivity index (χ3v) is 4.11. The van der Waals surface area contributed by atoms with Crippen LogP contribution in [0.4, 0.5) is 5.69 Å². The molecule has 0 saturated carbocycles. The Kier molecular flexibility index (Phi) is 4.25. The minimum atomic E-state index is 0.550. The molecule has 0 aliphatic heterocycles. The van der Waals surface area contributed by atoms with Gasteiger partial charge in [-0.25, -0.2) is 4.98 Å². The number of anilines is 1. The van der Waals surface area contributed by atoms with Crippen LogP contribution < -0.4 is 10.1 Å². The Morgan fingerprint density at radius 3 is 2.83 bits per heavy atom. The van der Waals surface area contributed by atoms with E-state index in [1.54, 1.807) is 18.0 Å². The van der Waals surface area contributed by atoms with Gasteiger partial charge in [0.15, 0.2) is 12.2 Å². The molecule has 0 spiro atoms. The lowest BCUT2D eigenvalue weighted by atomic mass is 10.1. The van der Waals surface area contributed by atoms with E-state index in [-0.39, 0.29) is 0 Å². The number of rotatable bonds is 5. The van der Waals surface area contributed by atoms with Crippen molar-refractivity contribution in [3.63, 3.8) is 0 Å². The number of nitrogens with one attached hydrogen (secondary N) is 1. The van der Waals surface area contributed by atoms with Gasteiger partial charge in [0.2, 0.25) is 0 Å². The average Bonchev–Trinajstić information content (AvgIpc) is 3.16. The zero-order valence-corrected chi connectivity index (χ0v) is 13.9. The third kappa shape index (κ3) is 3.03. The van der Waals surface area contributed by atoms with Crippen LogP contribution in [0.5, 0.6) is 5.75 Å². The Balaban J connectivity index is 1.87. The highest BCUT2D eigenvalue weighted by Gasteiger charge is 2.13. The summed E-state index contributed by atoms with van der Waals surface area (Å²) in [7, 11) is 3.46. The average molecular weight is 333 g/mol. The minimum absolute atomic E-state index is 0.550. The number of methoxy groups -OCH3 is 1. The molecule has 7 heteroatoms. The van der Waals surface area contributed by atoms with Gasteiger partial charge in [-0.05, 0) is 25.1 Å². The molecule has 0 aliphatic carbocycles. The number of halogens is 1. The summed E-state index contributed by atoms with van der Waals surface area (Å²) in [4.78, 5) is 3.94. The monoisotopic (exact) mass is 332 g/mol. The lowest BCUT2D eigenvalue weighted by Crippen LogP contribution is -2.03. The van der Waals surface area contributed by atoms with Crippen molar-refractivity contribution in [3.8, 4) is 17.1 Å². The topological polar surface area (TPSA) is 65.1 Å². The van der Waals surface area contributed by atoms with Crippen molar-refractivity contribution in [1.82, 2.24) is 14.8 Å². The molecule has 0 radical (unpaired) electrons. The van der Waals surface area contributed by atoms with Gasteiger partial charge in [-0.15, -0.1) is 0 Å². The Labute approximate surface area is 139 Å². The van der Waals surface area contributed by atoms with E-state index in [2.05, 4.69) is 15.4 Å². The molecule has 0 amide bonds. The first-order chi connectivity index (χ1) is 11.1. The third-order valence-electron chi connectivity index (χ3n) is 3.64. The number of aromatic nitrogens is 3. The fourth-order valence-corrected chi connectivity index (χ4v) is 2.66. The SMILES string of the molecule is COc1ccc(-c2cnco2)cc1NCc1c(C)nn(C)c1Cl. The molecule has 0 atom stereocenters. The summed E-state index contributed by atoms with van der Waals surface area (Å²) in [6.07, 6.45) is 3.08. The summed E-state index contributed by atoms with van der Waals surface area (Å²) in [5.41, 5.74) is 3.62. The van der Waals surface area contributed by atoms with E-state index in [0.29, 0.717) is 17.5 Å². The van der Waals surface area contributed by atoms with Crippen LogP contribution >= 0.6 is 11.6 Å². The Morgan fingerprint density at radius 1 is 1.39 bits per heavy atom. The van der Waals surface area contributed by atoms with Crippen molar-refractivity contribution >= 4 is 17.3 Å². The molecule has 23 heavy (non-hydrogen) atoms. The highest BCUT2D eigenvalue weighted by molar-refractivity contribution is 6.30. The highest BCUT2D eigenvalue weighted by Crippen LogP contribution is 2.31. The van der Waals surface area contributed by atoms with Crippen LogP contribution in [-0.4, -0.2) is 21.9 Å². The smallest absolute Gasteiger partial charge is 0.181 e. The zero-order valence-electron chi connectivity index (χ0n) is 13.1. The van der Waals surface area contributed by atoms with Gasteiger partial charge in [-0.2, -0.15) is 5.10 Å². The fraction of sp³-hybridized carbons (Fsp3) is 0.250. The van der Waals surface area contributed by atoms with Gasteiger partial charge in [-0.1, -0.05) is 11.6 Å². The van der Waals surface area contributed by atoms with E-state index in [0.717, 1.165) is 28.3 Å². The summed E-state index contributed by atoms with van der Waals surface area (Å²) in [5, 5.41) is 8.29. The van der Waals surface area contributed by atoms with Gasteiger partial charge in [0.1, 0.15) is 10.9 Å². The van der Waals surface area contributed by atoms with Crippen LogP contribution in [0.25, 0.3) is 11.3 Å². The maximum atomic E-state index is 6.27. The van der Waals surface area contributed by atoms with E-state index < -0.39 is 0 Å². The van der Waals surface area contributed by atoms with Crippen molar-refractivity contribution in [2.24, 2.45) is 7.05 Å². The summed E-state index contributed by atoms with van der Waals surface area (Å²) in [5.74, 6) is 1.44. The van der Waals surface area contributed by atoms with Crippen molar-refractivity contribution in [1.29, 1.82) is 0 Å². The van der Waals surface area contributed by atoms with Crippen LogP contribution in [-0.2, 0) is 13.6 Å². The molecule has 2 aromatic heterocycles. The van der Waals surface area contributed by atoms with E-state index in [1.807, 2.05) is 32.2 Å². The van der Waals surface area contributed by atoms with Crippen LogP contribution in [0.1, 0.15) is 11.3 Å². The second-order valence-electron chi connectivity index (χ2n) is 5.11. The molecular weight excluding hydrogens is 316 g/mol. The molecule has 2 heterocycles. The van der Waals surface area contributed by atoms with Crippen LogP contribution in [0.3, 0.4) is 0 Å². The van der Waals surface area contributed by atoms with E-state index in [9.17, 15) is 0 Å². The summed E-state index contributed by atoms with van der Waals surface area (Å²) in [6.45, 7) is 2.49. The summed E-state index contributed by atoms with van der Waals surface area (Å²) < 4.78 is 12.4. The number of nitrogens with zero attached hydrogens (tertiary/aromatic N) is 3. The van der Waals surface area contributed by atoms with Crippen LogP contribution in [0.2, 0.25) is 5.15 Å². The Bertz CT molecular complexity index is 812. The molecule has 1 N–H and O–H groups in total. The molecule has 0 saturated heterocycles. The normalized spacial score (nSPS) is 10.8. The molecule has 0 aliphatic rings. The molecule has 0 bridgehead atoms. The maximum Gasteiger partial charge on any atom is 0.181 e. The van der Waals surface area contributed by atoms with Crippen molar-refractivity contribution in [3.05, 3.63) is 47.2 Å². The second kappa shape index (κ2) is 6.34. The molecule has 0 unspecified atom stereocenters. The molecule has 1 aromatic carbocycles. The van der Waals surface area contributed by atoms with Crippen molar-refractivity contribution < 1.29 is 9.15 Å². The van der Waals surface area contributed by atoms with Crippen molar-refractivity contribution in [2.75, 3.05) is 12.4 Å². The predicted molar refractivity (Wildman–Crippen MR) is 88.8 cm³/mol. The van der Waals surface area contributed by atoms with Gasteiger partial charge in [0.25, 0.3) is 0 Å². The van der Waals surface area contributed by atoms with E-state index in [4.69, 9.17) is 20.8 Å². The van der Waals surface area contributed by atoms with Crippen LogP contribution in [0, 0.1) is 6.92 Å². The highest BCUT2D eigenvalue weighted by atomic mass is 35.5. The van der Waals surface area contributed by atoms with Gasteiger partial charge in [-0.3, -0.25) is 4.68 Å². The standard InChI is InChI=1S/C16H17ClN4O2/c1-10-12(16(17)21(2)20-10)7-19-13-6-11(4-5-14(13)22-3)15-8-18-9-23-15/h4-6,8-9,19H,7H2,1-3H3. The van der Waals surface area contributed by atoms with Crippen LogP contribution in [0.15, 0.2) is 35.2 Å². The van der Waals surface area contributed by atoms with Gasteiger partial charge in [0, 0.05) is 24.7 Å². The Hall–Kier alpha value is -2.47. The first-order valence-electron chi connectivity index (χ1n) is 7.09. The van der Waals surface area contributed by atoms with E-state index >= 15 is 0 Å². The molecule has 3 aromatic rings. The number of benzene rings is 1. The molecule has 120 valence electrons. The summed E-state index contributed by atoms with van der Waals surface area (Å²) >= 11 is 6.27. The molecule has 3 rings (SSSR count). The summed E-state index contributed by atoms with van der Waals surface area (Å²) in [6, 6.07) is 5.77. The first-order valence-corrected chi connectivity index (χ1v) is 7.46. The number of ether oxygens (including phenoxy) is 1. The van der Waals surface area contributed by atoms with E-state index in [1.165, 1.54) is 6.39 Å². The largest absolute Gasteiger partial charge is 0.495 e. The number of oxazole rings is 1. The number of hydrogen-bond donors (Lipinski definition) is 1. The van der Waals surface area contributed by atoms with Crippen molar-refractivity contribution in [2.45, 2.75) is 13.5 Å². The number of hydrogen-bond acceptors (Lipinski definition) is 5. The molecule has 6 nitrogen and oxygen atoms in total. The lowest BCUT2D eigenvalue weighted by molar-refractivity contribution is 0.416. The van der Waals surface area contributed by atoms with Gasteiger partial charge >= 0.3 is 0 Å². The minimum Gasteiger partial charge on any atom is -0.495 e. The fourth-order valence-electron chi connectivity index (χ4n) is 2.42. The first kappa shape index (κ1) is 15.4. The molecular formula is C16H17ClN4O2. The number of aryl methyl sites for hydroxylation is 2. The lowest BCUT2D eigenvalue weighted by Gasteiger charge is -2.12.